The number of hydrogen-bond donors (Lipinski definition) is 2. The first-order valence-corrected chi connectivity index (χ1v) is 9.47. The minimum atomic E-state index is -4.44. The smallest absolute Gasteiger partial charge is 0.370 e. The molecule has 2 aliphatic rings. The van der Waals surface area contributed by atoms with Gasteiger partial charge in [-0.2, -0.15) is 13.2 Å². The average Bonchev–Trinajstić information content (AvgIpc) is 3.07. The summed E-state index contributed by atoms with van der Waals surface area (Å²) in [6.45, 7) is 7.14. The van der Waals surface area contributed by atoms with Crippen molar-refractivity contribution in [2.75, 3.05) is 42.9 Å². The van der Waals surface area contributed by atoms with Crippen LogP contribution in [-0.4, -0.2) is 50.8 Å². The van der Waals surface area contributed by atoms with Crippen LogP contribution in [-0.2, 0) is 15.7 Å². The third-order valence-electron chi connectivity index (χ3n) is 5.07. The maximum Gasteiger partial charge on any atom is 0.416 e. The fraction of sp³-hybridized carbons (Fsp3) is 0.632. The molecule has 0 bridgehead atoms. The molecule has 0 radical (unpaired) electrons. The van der Waals surface area contributed by atoms with Gasteiger partial charge in [-0.15, -0.1) is 0 Å². The van der Waals surface area contributed by atoms with E-state index in [4.69, 9.17) is 4.74 Å². The second kappa shape index (κ2) is 8.06. The topological polar surface area (TPSA) is 46.0 Å². The lowest BCUT2D eigenvalue weighted by atomic mass is 10.1. The van der Waals surface area contributed by atoms with E-state index in [0.29, 0.717) is 18.8 Å². The SMILES string of the molecule is C[C@H]1C[NH+](CC(=O)Nc2cc(C(F)(F)F)ccc2N2CCCC2)C[C@H](C)O1. The summed E-state index contributed by atoms with van der Waals surface area (Å²) >= 11 is 0. The molecule has 0 saturated carbocycles. The lowest BCUT2D eigenvalue weighted by molar-refractivity contribution is -0.907. The maximum atomic E-state index is 13.1. The van der Waals surface area contributed by atoms with Gasteiger partial charge >= 0.3 is 6.18 Å². The van der Waals surface area contributed by atoms with Gasteiger partial charge in [-0.25, -0.2) is 0 Å². The van der Waals surface area contributed by atoms with E-state index in [1.54, 1.807) is 0 Å². The summed E-state index contributed by atoms with van der Waals surface area (Å²) in [6, 6.07) is 3.60. The van der Waals surface area contributed by atoms with Crippen LogP contribution in [0.3, 0.4) is 0 Å². The third kappa shape index (κ3) is 5.13. The van der Waals surface area contributed by atoms with Gasteiger partial charge in [0.1, 0.15) is 25.3 Å². The van der Waals surface area contributed by atoms with Gasteiger partial charge in [-0.1, -0.05) is 0 Å². The van der Waals surface area contributed by atoms with E-state index in [1.807, 2.05) is 18.7 Å². The summed E-state index contributed by atoms with van der Waals surface area (Å²) in [5.74, 6) is -0.272. The molecule has 2 heterocycles. The minimum absolute atomic E-state index is 0.0604. The summed E-state index contributed by atoms with van der Waals surface area (Å²) in [5.41, 5.74) is 0.153. The molecular weight excluding hydrogens is 359 g/mol. The normalized spacial score (nSPS) is 26.3. The van der Waals surface area contributed by atoms with Crippen LogP contribution in [0, 0.1) is 0 Å². The molecule has 0 unspecified atom stereocenters. The zero-order chi connectivity index (χ0) is 19.6. The van der Waals surface area contributed by atoms with Crippen LogP contribution in [0.4, 0.5) is 24.5 Å². The number of nitrogens with one attached hydrogen (secondary N) is 2. The van der Waals surface area contributed by atoms with Crippen LogP contribution < -0.4 is 15.1 Å². The van der Waals surface area contributed by atoms with E-state index < -0.39 is 11.7 Å². The molecule has 0 aliphatic carbocycles. The highest BCUT2D eigenvalue weighted by atomic mass is 19.4. The fourth-order valence-electron chi connectivity index (χ4n) is 4.00. The van der Waals surface area contributed by atoms with Crippen molar-refractivity contribution >= 4 is 17.3 Å². The Hall–Kier alpha value is -1.80. The Kier molecular flexibility index (Phi) is 5.95. The van der Waals surface area contributed by atoms with Crippen LogP contribution >= 0.6 is 0 Å². The average molecular weight is 386 g/mol. The van der Waals surface area contributed by atoms with Gasteiger partial charge in [0, 0.05) is 13.1 Å². The number of hydrogen-bond acceptors (Lipinski definition) is 3. The van der Waals surface area contributed by atoms with Crippen molar-refractivity contribution in [3.8, 4) is 0 Å². The number of quaternary nitrogens is 1. The molecule has 8 heteroatoms. The highest BCUT2D eigenvalue weighted by molar-refractivity contribution is 5.95. The highest BCUT2D eigenvalue weighted by Gasteiger charge is 2.32. The number of anilines is 2. The fourth-order valence-corrected chi connectivity index (χ4v) is 4.00. The number of morpholine rings is 1. The van der Waals surface area contributed by atoms with E-state index >= 15 is 0 Å². The van der Waals surface area contributed by atoms with Gasteiger partial charge < -0.3 is 19.9 Å². The van der Waals surface area contributed by atoms with Gasteiger partial charge in [0.05, 0.1) is 16.9 Å². The molecule has 0 aromatic heterocycles. The van der Waals surface area contributed by atoms with Crippen LogP contribution in [0.15, 0.2) is 18.2 Å². The quantitative estimate of drug-likeness (QED) is 0.832. The number of rotatable bonds is 4. The van der Waals surface area contributed by atoms with Crippen molar-refractivity contribution in [2.45, 2.75) is 45.1 Å². The third-order valence-corrected chi connectivity index (χ3v) is 5.07. The number of benzene rings is 1. The molecule has 2 atom stereocenters. The Morgan fingerprint density at radius 1 is 1.22 bits per heavy atom. The Labute approximate surface area is 157 Å². The van der Waals surface area contributed by atoms with Crippen molar-refractivity contribution < 1.29 is 27.6 Å². The molecule has 1 aromatic rings. The van der Waals surface area contributed by atoms with Crippen molar-refractivity contribution in [3.05, 3.63) is 23.8 Å². The minimum Gasteiger partial charge on any atom is -0.370 e. The lowest BCUT2D eigenvalue weighted by Gasteiger charge is -2.32. The molecule has 27 heavy (non-hydrogen) atoms. The molecule has 5 nitrogen and oxygen atoms in total. The summed E-state index contributed by atoms with van der Waals surface area (Å²) in [5, 5.41) is 2.73. The van der Waals surface area contributed by atoms with Gasteiger partial charge in [-0.05, 0) is 44.9 Å². The van der Waals surface area contributed by atoms with E-state index in [2.05, 4.69) is 5.32 Å². The standard InChI is InChI=1S/C19H26F3N3O2/c1-13-10-24(11-14(2)27-13)12-18(26)23-16-9-15(19(20,21)22)5-6-17(16)25-7-3-4-8-25/h5-6,9,13-14H,3-4,7-8,10-12H2,1-2H3,(H,23,26)/p+1/t13-,14-/m0/s1. The van der Waals surface area contributed by atoms with E-state index in [-0.39, 0.29) is 30.3 Å². The first-order valence-electron chi connectivity index (χ1n) is 9.47. The van der Waals surface area contributed by atoms with Gasteiger partial charge in [0.2, 0.25) is 0 Å². The Morgan fingerprint density at radius 3 is 2.44 bits per heavy atom. The van der Waals surface area contributed by atoms with Crippen molar-refractivity contribution in [1.29, 1.82) is 0 Å². The molecule has 1 aromatic carbocycles. The zero-order valence-corrected chi connectivity index (χ0v) is 15.7. The Balaban J connectivity index is 1.75. The molecule has 2 fully saturated rings. The molecule has 2 aliphatic heterocycles. The van der Waals surface area contributed by atoms with Gasteiger partial charge in [-0.3, -0.25) is 4.79 Å². The van der Waals surface area contributed by atoms with Crippen LogP contribution in [0.5, 0.6) is 0 Å². The largest absolute Gasteiger partial charge is 0.416 e. The maximum absolute atomic E-state index is 13.1. The Morgan fingerprint density at radius 2 is 1.85 bits per heavy atom. The lowest BCUT2D eigenvalue weighted by Crippen LogP contribution is -3.16. The van der Waals surface area contributed by atoms with Crippen LogP contribution in [0.2, 0.25) is 0 Å². The first kappa shape index (κ1) is 19.9. The highest BCUT2D eigenvalue weighted by Crippen LogP contribution is 2.36. The number of carbonyl (C=O) groups is 1. The van der Waals surface area contributed by atoms with E-state index in [1.165, 1.54) is 6.07 Å². The molecule has 2 saturated heterocycles. The van der Waals surface area contributed by atoms with Gasteiger partial charge in [0.25, 0.3) is 5.91 Å². The number of nitrogens with zero attached hydrogens (tertiary/aromatic N) is 1. The predicted octanol–water partition coefficient (Wildman–Crippen LogP) is 1.94. The number of amides is 1. The summed E-state index contributed by atoms with van der Waals surface area (Å²) in [6.07, 6.45) is -2.32. The van der Waals surface area contributed by atoms with E-state index in [9.17, 15) is 18.0 Å². The van der Waals surface area contributed by atoms with Crippen LogP contribution in [0.25, 0.3) is 0 Å². The molecular formula is C19H27F3N3O2+. The number of alkyl halides is 3. The van der Waals surface area contributed by atoms with E-state index in [0.717, 1.165) is 43.0 Å². The Bertz CT molecular complexity index is 665. The second-order valence-corrected chi connectivity index (χ2v) is 7.56. The summed E-state index contributed by atoms with van der Waals surface area (Å²) in [7, 11) is 0. The molecule has 1 amide bonds. The second-order valence-electron chi connectivity index (χ2n) is 7.56. The monoisotopic (exact) mass is 386 g/mol. The molecule has 0 spiro atoms. The van der Waals surface area contributed by atoms with Crippen molar-refractivity contribution in [1.82, 2.24) is 0 Å². The summed E-state index contributed by atoms with van der Waals surface area (Å²) in [4.78, 5) is 15.7. The predicted molar refractivity (Wildman–Crippen MR) is 97.1 cm³/mol. The first-order chi connectivity index (χ1) is 12.7. The molecule has 150 valence electrons. The molecule has 2 N–H and O–H groups in total. The summed E-state index contributed by atoms with van der Waals surface area (Å²) < 4.78 is 45.1. The number of halogens is 3. The van der Waals surface area contributed by atoms with Crippen LogP contribution in [0.1, 0.15) is 32.3 Å². The molecule has 3 rings (SSSR count). The van der Waals surface area contributed by atoms with Crippen molar-refractivity contribution in [2.24, 2.45) is 0 Å². The number of carbonyl (C=O) groups excluding carboxylic acids is 1. The van der Waals surface area contributed by atoms with Crippen molar-refractivity contribution in [3.63, 3.8) is 0 Å². The number of ether oxygens (including phenoxy) is 1. The van der Waals surface area contributed by atoms with Gasteiger partial charge in [0.15, 0.2) is 6.54 Å². The zero-order valence-electron chi connectivity index (χ0n) is 15.7.